The van der Waals surface area contributed by atoms with Crippen LogP contribution in [0.3, 0.4) is 0 Å². The van der Waals surface area contributed by atoms with Crippen molar-refractivity contribution in [1.29, 1.82) is 0 Å². The number of rotatable bonds is 32. The van der Waals surface area contributed by atoms with Gasteiger partial charge in [-0.1, -0.05) is 145 Å². The highest BCUT2D eigenvalue weighted by molar-refractivity contribution is 6.10. The van der Waals surface area contributed by atoms with Crippen molar-refractivity contribution in [2.24, 2.45) is 52.6 Å². The van der Waals surface area contributed by atoms with Crippen LogP contribution in [0.4, 0.5) is 0 Å². The maximum Gasteiger partial charge on any atom is 0.336 e. The lowest BCUT2D eigenvalue weighted by Crippen LogP contribution is -2.56. The van der Waals surface area contributed by atoms with Crippen LogP contribution in [0.15, 0.2) is 149 Å². The molecule has 1 aromatic heterocycles. The monoisotopic (exact) mass is 1860 g/mol. The minimum atomic E-state index is -1.90. The third-order valence-corrected chi connectivity index (χ3v) is 26.3. The van der Waals surface area contributed by atoms with Crippen molar-refractivity contribution in [3.8, 4) is 33.9 Å². The Balaban J connectivity index is 0.894. The molecule has 2 saturated heterocycles. The van der Waals surface area contributed by atoms with E-state index in [0.29, 0.717) is 77.5 Å². The zero-order valence-corrected chi connectivity index (χ0v) is 77.9. The Labute approximate surface area is 784 Å². The number of hydrogen-bond acceptors (Lipinski definition) is 22. The lowest BCUT2D eigenvalue weighted by atomic mass is 9.79. The van der Waals surface area contributed by atoms with E-state index in [1.165, 1.54) is 99.6 Å². The van der Waals surface area contributed by atoms with E-state index in [0.717, 1.165) is 31.1 Å². The van der Waals surface area contributed by atoms with E-state index >= 15 is 24.0 Å². The molecule has 31 nitrogen and oxygen atoms in total. The number of aromatic amines is 1. The van der Waals surface area contributed by atoms with Gasteiger partial charge in [0.05, 0.1) is 59.2 Å². The normalized spacial score (nSPS) is 22.0. The Hall–Kier alpha value is -12.7. The molecule has 31 heteroatoms. The number of primary amides is 1. The second-order valence-electron chi connectivity index (χ2n) is 37.9. The van der Waals surface area contributed by atoms with Crippen LogP contribution in [-0.2, 0) is 81.6 Å². The summed E-state index contributed by atoms with van der Waals surface area (Å²) in [5.41, 5.74) is 4.95. The maximum atomic E-state index is 15.7. The summed E-state index contributed by atoms with van der Waals surface area (Å²) in [4.78, 5) is 235. The molecule has 2 fully saturated rings. The number of nitrogens with one attached hydrogen (secondary N) is 6. The summed E-state index contributed by atoms with van der Waals surface area (Å²) >= 11 is 0. The number of amides is 6. The number of aliphatic hydroxyl groups excluding tert-OH is 2. The molecule has 2 bridgehead atoms. The van der Waals surface area contributed by atoms with E-state index in [4.69, 9.17) is 10.2 Å². The van der Waals surface area contributed by atoms with Crippen LogP contribution in [0.5, 0.6) is 11.5 Å². The largest absolute Gasteiger partial charge is 0.508 e. The molecule has 3 aliphatic heterocycles. The number of aliphatic hydroxyl groups is 2. The number of ketones is 7. The lowest BCUT2D eigenvalue weighted by molar-refractivity contribution is -0.140. The molecule has 5 aromatic carbocycles. The molecule has 135 heavy (non-hydrogen) atoms. The zero-order valence-electron chi connectivity index (χ0n) is 77.9. The number of nitrogens with two attached hydrogens (primary N) is 1. The fourth-order valence-electron chi connectivity index (χ4n) is 18.5. The number of aliphatic carboxylic acids is 1. The minimum Gasteiger partial charge on any atom is -0.508 e. The summed E-state index contributed by atoms with van der Waals surface area (Å²) in [7, 11) is 0. The van der Waals surface area contributed by atoms with Crippen LogP contribution in [0.2, 0.25) is 0 Å². The topological polar surface area (TPSA) is 513 Å². The molecule has 722 valence electrons. The predicted molar refractivity (Wildman–Crippen MR) is 505 cm³/mol. The van der Waals surface area contributed by atoms with Crippen molar-refractivity contribution in [1.82, 2.24) is 36.5 Å². The first kappa shape index (κ1) is 104. The summed E-state index contributed by atoms with van der Waals surface area (Å²) in [6, 6.07) is 28.2. The van der Waals surface area contributed by atoms with Gasteiger partial charge >= 0.3 is 11.9 Å². The quantitative estimate of drug-likeness (QED) is 0.0138. The van der Waals surface area contributed by atoms with Gasteiger partial charge in [-0.25, -0.2) is 4.79 Å². The number of aromatic hydroxyl groups is 2. The van der Waals surface area contributed by atoms with E-state index in [1.807, 2.05) is 45.9 Å². The number of benzene rings is 6. The van der Waals surface area contributed by atoms with Crippen LogP contribution >= 0.6 is 0 Å². The summed E-state index contributed by atoms with van der Waals surface area (Å²) in [6.07, 6.45) is -0.173. The molecule has 0 spiro atoms. The SMILES string of the molecule is CC(C)C[C@@H]1CC(=O)[C@H](C)NC(=O)[C@H](Cc2[nH]cc3ccccc23)CC(=O)[C@H](Cc2ccc(O)cc2)NC(=O)[C@H](CCC(=O)O)CC(=O)[C@](C)(NC(=O)[C@@H](CC(=O)[C@H](CO)NC(=O)[C@@H](CC(=O)CCCC(=O)c2ccc(-c3c4ccc(=O)cc-4oc4cc(O)ccc34)c(C(=O)O)c2)C(C)O)Cc2ccccc2)CCCCCCCCCN2CC[C@](C(N)=O)(CC(=O)[C@H](CC(C)C)NC1=O)C2. The standard InChI is InChI=1S/C104H128N8O23/c1-60(2)43-69-49-87(120)62(5)107-97(128)71(48-82-76-25-17-16-23-68(76)57-106-82)51-88(121)84(46-65-27-31-72(115)32-28-65)109-96(127)67(30-38-94(125)126)52-93(124)103(7,39-18-11-9-8-10-12-19-41-112-42-40-104(59-112,102(105)134)56-90(123)83(44-61(3)4)108-98(69)129)111-99(130)70(45-64-21-14-13-15-22-64)50-89(122)85(58-113)110-100(131)80(63(6)114)53-73(116)24-20-26-86(119)66-29-35-77(81(47-66)101(132)133)95-78-36-33-74(117)54-91(78)135-92-55-75(118)34-37-79(92)95/h13-17,21-23,25,27-29,31-37,47,54-55,57,60-63,67,69-71,80,83-85,106,113-115,117H,8-12,18-20,24,26,30,38-46,48-53,56,58-59H2,1-7H3,(H2,105,134)(H,107,128)(H,108,129)(H,109,127)(H,110,131)(H,111,130)(H,125,126)(H,132,133)/t62-,63?,67+,69+,70+,71+,80-,83-,84-,85-,103+,104-/m0/s1. The lowest BCUT2D eigenvalue weighted by Gasteiger charge is -2.33. The van der Waals surface area contributed by atoms with Gasteiger partial charge in [0.2, 0.25) is 35.4 Å². The van der Waals surface area contributed by atoms with Gasteiger partial charge in [0.25, 0.3) is 0 Å². The molecule has 0 saturated carbocycles. The number of carbonyl (C=O) groups excluding carboxylic acids is 13. The van der Waals surface area contributed by atoms with E-state index in [-0.39, 0.29) is 140 Å². The molecule has 13 atom stereocenters. The van der Waals surface area contributed by atoms with Crippen LogP contribution < -0.4 is 37.7 Å². The van der Waals surface area contributed by atoms with Crippen molar-refractivity contribution in [2.45, 2.75) is 245 Å². The van der Waals surface area contributed by atoms with Crippen molar-refractivity contribution in [3.05, 3.63) is 178 Å². The summed E-state index contributed by atoms with van der Waals surface area (Å²) in [5, 5.41) is 79.4. The van der Waals surface area contributed by atoms with Crippen LogP contribution in [-0.4, -0.2) is 190 Å². The Morgan fingerprint density at radius 2 is 1.26 bits per heavy atom. The van der Waals surface area contributed by atoms with Gasteiger partial charge in [0.15, 0.2) is 40.1 Å². The average Bonchev–Trinajstić information content (AvgIpc) is 1.51. The highest BCUT2D eigenvalue weighted by atomic mass is 16.4. The number of carboxylic acid groups (broad SMARTS) is 2. The number of phenols is 2. The third-order valence-electron chi connectivity index (χ3n) is 26.3. The molecule has 0 radical (unpaired) electrons. The highest BCUT2D eigenvalue weighted by Gasteiger charge is 2.47. The van der Waals surface area contributed by atoms with Crippen LogP contribution in [0.1, 0.15) is 227 Å². The van der Waals surface area contributed by atoms with Gasteiger partial charge in [0.1, 0.15) is 34.7 Å². The Bertz CT molecular complexity index is 5640. The molecular weight excluding hydrogens is 1730 g/mol. The van der Waals surface area contributed by atoms with E-state index < -0.39 is 198 Å². The Kier molecular flexibility index (Phi) is 37.4. The smallest absolute Gasteiger partial charge is 0.336 e. The number of aromatic nitrogens is 1. The molecule has 2 unspecified atom stereocenters. The van der Waals surface area contributed by atoms with Crippen molar-refractivity contribution < 1.29 is 107 Å². The third kappa shape index (κ3) is 29.1. The Morgan fingerprint density at radius 3 is 1.94 bits per heavy atom. The molecule has 14 N–H and O–H groups in total. The molecule has 4 heterocycles. The number of nitrogens with zero attached hydrogens (tertiary/aromatic N) is 1. The van der Waals surface area contributed by atoms with E-state index in [2.05, 4.69) is 36.5 Å². The Morgan fingerprint density at radius 1 is 0.607 bits per heavy atom. The fraction of sp³-hybridized carbons (Fsp3) is 0.481. The average molecular weight is 1860 g/mol. The number of fused-ring (bicyclic) bond motifs is 5. The van der Waals surface area contributed by atoms with E-state index in [9.17, 15) is 83.4 Å². The van der Waals surface area contributed by atoms with Crippen LogP contribution in [0.25, 0.3) is 44.2 Å². The number of Topliss-reactive ketones (excluding diaryl/α,β-unsaturated/α-hetero) is 7. The number of phenolic OH excluding ortho intramolecular Hbond substituents is 2. The number of aromatic carboxylic acids is 1. The maximum absolute atomic E-state index is 15.7. The molecule has 1 aliphatic carbocycles. The van der Waals surface area contributed by atoms with E-state index in [1.54, 1.807) is 42.6 Å². The number of carbonyl (C=O) groups is 15. The second kappa shape index (κ2) is 48.4. The zero-order chi connectivity index (χ0) is 98.1. The molecule has 6 amide bonds. The predicted octanol–water partition coefficient (Wildman–Crippen LogP) is 11.5. The number of carboxylic acids is 2. The van der Waals surface area contributed by atoms with Gasteiger partial charge < -0.3 is 77.3 Å². The van der Waals surface area contributed by atoms with Crippen LogP contribution in [0, 0.1) is 46.8 Å². The fourth-order valence-corrected chi connectivity index (χ4v) is 18.5. The van der Waals surface area contributed by atoms with Gasteiger partial charge in [0, 0.05) is 140 Å². The van der Waals surface area contributed by atoms with Crippen molar-refractivity contribution in [3.63, 3.8) is 0 Å². The van der Waals surface area contributed by atoms with Gasteiger partial charge in [-0.15, -0.1) is 0 Å². The van der Waals surface area contributed by atoms with Gasteiger partial charge in [-0.2, -0.15) is 0 Å². The molecular formula is C104H128N8O23. The first-order valence-electron chi connectivity index (χ1n) is 46.9. The first-order valence-corrected chi connectivity index (χ1v) is 46.9. The van der Waals surface area contributed by atoms with Crippen molar-refractivity contribution in [2.75, 3.05) is 26.2 Å². The highest BCUT2D eigenvalue weighted by Crippen LogP contribution is 2.43. The van der Waals surface area contributed by atoms with Gasteiger partial charge in [-0.05, 0) is 168 Å². The van der Waals surface area contributed by atoms with Gasteiger partial charge in [-0.3, -0.25) is 71.9 Å². The second-order valence-corrected chi connectivity index (χ2v) is 37.9. The molecule has 6 aromatic rings. The number of hydrogen-bond donors (Lipinski definition) is 13. The summed E-state index contributed by atoms with van der Waals surface area (Å²) in [5.74, 6) is -18.9. The molecule has 10 rings (SSSR count). The summed E-state index contributed by atoms with van der Waals surface area (Å²) < 4.78 is 5.93. The number of H-pyrrole nitrogens is 1. The minimum absolute atomic E-state index is 0.00969. The first-order chi connectivity index (χ1) is 64.2. The van der Waals surface area contributed by atoms with Crippen molar-refractivity contribution >= 4 is 110 Å². The molecule has 4 aliphatic rings. The summed E-state index contributed by atoms with van der Waals surface area (Å²) in [6.45, 7) is 12.0.